The van der Waals surface area contributed by atoms with Gasteiger partial charge in [0.15, 0.2) is 0 Å². The zero-order valence-corrected chi connectivity index (χ0v) is 19.3. The van der Waals surface area contributed by atoms with Crippen LogP contribution in [0.2, 0.25) is 5.02 Å². The molecule has 0 aliphatic carbocycles. The molecule has 1 N–H and O–H groups in total. The predicted molar refractivity (Wildman–Crippen MR) is 124 cm³/mol. The highest BCUT2D eigenvalue weighted by Crippen LogP contribution is 2.24. The summed E-state index contributed by atoms with van der Waals surface area (Å²) in [5, 5.41) is 7.64. The molecule has 9 heteroatoms. The van der Waals surface area contributed by atoms with E-state index in [1.807, 2.05) is 19.1 Å². The van der Waals surface area contributed by atoms with Crippen LogP contribution in [0.3, 0.4) is 0 Å². The van der Waals surface area contributed by atoms with Gasteiger partial charge in [-0.2, -0.15) is 4.98 Å². The van der Waals surface area contributed by atoms with Gasteiger partial charge in [-0.15, -0.1) is 0 Å². The molecule has 0 bridgehead atoms. The molecule has 1 amide bonds. The van der Waals surface area contributed by atoms with Gasteiger partial charge in [0.2, 0.25) is 17.6 Å². The number of ether oxygens (including phenoxy) is 1. The van der Waals surface area contributed by atoms with Gasteiger partial charge in [0.1, 0.15) is 0 Å². The summed E-state index contributed by atoms with van der Waals surface area (Å²) in [6.45, 7) is 3.91. The van der Waals surface area contributed by atoms with Crippen molar-refractivity contribution in [2.24, 2.45) is 5.92 Å². The minimum absolute atomic E-state index is 0.0409. The molecule has 0 atom stereocenters. The highest BCUT2D eigenvalue weighted by molar-refractivity contribution is 6.30. The molecule has 1 aliphatic heterocycles. The molecule has 0 radical (unpaired) electrons. The van der Waals surface area contributed by atoms with Crippen LogP contribution in [-0.2, 0) is 16.1 Å². The monoisotopic (exact) mass is 468 g/mol. The van der Waals surface area contributed by atoms with E-state index >= 15 is 0 Å². The van der Waals surface area contributed by atoms with Crippen molar-refractivity contribution in [1.29, 1.82) is 0 Å². The minimum Gasteiger partial charge on any atom is -0.465 e. The number of piperidine rings is 1. The van der Waals surface area contributed by atoms with E-state index < -0.39 is 5.97 Å². The first-order valence-electron chi connectivity index (χ1n) is 10.7. The lowest BCUT2D eigenvalue weighted by Gasteiger charge is -2.30. The molecular weight excluding hydrogens is 444 g/mol. The average Bonchev–Trinajstić information content (AvgIpc) is 3.29. The number of aromatic nitrogens is 2. The van der Waals surface area contributed by atoms with Crippen molar-refractivity contribution in [3.05, 3.63) is 64.5 Å². The van der Waals surface area contributed by atoms with E-state index in [-0.39, 0.29) is 11.8 Å². The van der Waals surface area contributed by atoms with Crippen LogP contribution in [0.15, 0.2) is 47.0 Å². The highest BCUT2D eigenvalue weighted by atomic mass is 35.5. The summed E-state index contributed by atoms with van der Waals surface area (Å²) in [6.07, 6.45) is 1.44. The fraction of sp³-hybridized carbons (Fsp3) is 0.333. The third-order valence-electron chi connectivity index (χ3n) is 5.78. The second-order valence-corrected chi connectivity index (χ2v) is 8.52. The second-order valence-electron chi connectivity index (χ2n) is 8.08. The normalized spacial score (nSPS) is 14.8. The average molecular weight is 469 g/mol. The number of nitrogens with one attached hydrogen (secondary N) is 1. The van der Waals surface area contributed by atoms with Crippen LogP contribution in [0.5, 0.6) is 0 Å². The number of rotatable bonds is 6. The van der Waals surface area contributed by atoms with Crippen LogP contribution in [0.25, 0.3) is 11.4 Å². The molecule has 4 rings (SSSR count). The van der Waals surface area contributed by atoms with Crippen molar-refractivity contribution in [3.8, 4) is 11.4 Å². The zero-order valence-electron chi connectivity index (χ0n) is 18.5. The number of benzene rings is 2. The molecule has 0 saturated carbocycles. The van der Waals surface area contributed by atoms with Crippen LogP contribution in [0, 0.1) is 12.8 Å². The Labute approximate surface area is 196 Å². The van der Waals surface area contributed by atoms with E-state index in [1.165, 1.54) is 7.11 Å². The minimum atomic E-state index is -0.432. The number of aryl methyl sites for hydroxylation is 1. The van der Waals surface area contributed by atoms with E-state index in [0.29, 0.717) is 34.5 Å². The SMILES string of the molecule is COC(=O)c1ccc(C)c(NC(=O)C2CCN(Cc3nc(-c4cccc(Cl)c4)no3)CC2)c1. The Bertz CT molecular complexity index is 1150. The summed E-state index contributed by atoms with van der Waals surface area (Å²) >= 11 is 6.04. The van der Waals surface area contributed by atoms with Gasteiger partial charge < -0.3 is 14.6 Å². The van der Waals surface area contributed by atoms with Crippen LogP contribution < -0.4 is 5.32 Å². The summed E-state index contributed by atoms with van der Waals surface area (Å²) in [6, 6.07) is 12.5. The van der Waals surface area contributed by atoms with E-state index in [4.69, 9.17) is 20.9 Å². The molecule has 2 heterocycles. The van der Waals surface area contributed by atoms with Gasteiger partial charge in [-0.3, -0.25) is 9.69 Å². The lowest BCUT2D eigenvalue weighted by molar-refractivity contribution is -0.121. The van der Waals surface area contributed by atoms with Crippen LogP contribution in [0.4, 0.5) is 5.69 Å². The lowest BCUT2D eigenvalue weighted by atomic mass is 9.95. The number of likely N-dealkylation sites (tertiary alicyclic amines) is 1. The maximum absolute atomic E-state index is 12.8. The molecule has 1 fully saturated rings. The Balaban J connectivity index is 1.31. The summed E-state index contributed by atoms with van der Waals surface area (Å²) < 4.78 is 10.2. The Kier molecular flexibility index (Phi) is 7.05. The lowest BCUT2D eigenvalue weighted by Crippen LogP contribution is -2.37. The fourth-order valence-corrected chi connectivity index (χ4v) is 4.04. The van der Waals surface area contributed by atoms with Gasteiger partial charge in [0, 0.05) is 22.2 Å². The largest absolute Gasteiger partial charge is 0.465 e. The number of methoxy groups -OCH3 is 1. The summed E-state index contributed by atoms with van der Waals surface area (Å²) in [5.41, 5.74) is 2.73. The predicted octanol–water partition coefficient (Wildman–Crippen LogP) is 4.34. The Morgan fingerprint density at radius 3 is 2.73 bits per heavy atom. The molecular formula is C24H25ClN4O4. The first-order chi connectivity index (χ1) is 15.9. The molecule has 3 aromatic rings. The van der Waals surface area contributed by atoms with Crippen molar-refractivity contribution in [2.45, 2.75) is 26.3 Å². The van der Waals surface area contributed by atoms with Crippen molar-refractivity contribution in [3.63, 3.8) is 0 Å². The second kappa shape index (κ2) is 10.1. The number of hydrogen-bond donors (Lipinski definition) is 1. The summed E-state index contributed by atoms with van der Waals surface area (Å²) in [5.74, 6) is 0.459. The number of halogens is 1. The number of hydrogen-bond acceptors (Lipinski definition) is 7. The summed E-state index contributed by atoms with van der Waals surface area (Å²) in [4.78, 5) is 31.3. The number of esters is 1. The van der Waals surface area contributed by atoms with Crippen LogP contribution >= 0.6 is 11.6 Å². The Morgan fingerprint density at radius 1 is 1.21 bits per heavy atom. The highest BCUT2D eigenvalue weighted by Gasteiger charge is 2.26. The van der Waals surface area contributed by atoms with E-state index in [0.717, 1.165) is 37.1 Å². The first-order valence-corrected chi connectivity index (χ1v) is 11.1. The standard InChI is InChI=1S/C24H25ClN4O4/c1-15-6-7-18(24(31)32-2)13-20(15)26-23(30)16-8-10-29(11-9-16)14-21-27-22(28-33-21)17-4-3-5-19(25)12-17/h3-7,12-13,16H,8-11,14H2,1-2H3,(H,26,30). The molecule has 33 heavy (non-hydrogen) atoms. The van der Waals surface area contributed by atoms with Gasteiger partial charge in [-0.05, 0) is 62.7 Å². The molecule has 0 unspecified atom stereocenters. The van der Waals surface area contributed by atoms with Crippen molar-refractivity contribution >= 4 is 29.2 Å². The maximum Gasteiger partial charge on any atom is 0.337 e. The molecule has 8 nitrogen and oxygen atoms in total. The van der Waals surface area contributed by atoms with E-state index in [2.05, 4.69) is 20.4 Å². The third kappa shape index (κ3) is 5.58. The van der Waals surface area contributed by atoms with E-state index in [9.17, 15) is 9.59 Å². The molecule has 172 valence electrons. The Hall–Kier alpha value is -3.23. The van der Waals surface area contributed by atoms with Gasteiger partial charge in [0.25, 0.3) is 0 Å². The molecule has 0 spiro atoms. The number of carbonyl (C=O) groups excluding carboxylic acids is 2. The quantitative estimate of drug-likeness (QED) is 0.537. The van der Waals surface area contributed by atoms with Gasteiger partial charge in [0.05, 0.1) is 19.2 Å². The molecule has 1 aliphatic rings. The smallest absolute Gasteiger partial charge is 0.337 e. The van der Waals surface area contributed by atoms with Crippen LogP contribution in [0.1, 0.15) is 34.7 Å². The topological polar surface area (TPSA) is 97.6 Å². The fourth-order valence-electron chi connectivity index (χ4n) is 3.84. The number of nitrogens with zero attached hydrogens (tertiary/aromatic N) is 3. The first kappa shape index (κ1) is 22.9. The van der Waals surface area contributed by atoms with Gasteiger partial charge in [-0.1, -0.05) is 35.0 Å². The number of amides is 1. The molecule has 2 aromatic carbocycles. The Morgan fingerprint density at radius 2 is 2.00 bits per heavy atom. The van der Waals surface area contributed by atoms with E-state index in [1.54, 1.807) is 30.3 Å². The third-order valence-corrected chi connectivity index (χ3v) is 6.02. The molecule has 1 saturated heterocycles. The number of anilines is 1. The summed E-state index contributed by atoms with van der Waals surface area (Å²) in [7, 11) is 1.33. The van der Waals surface area contributed by atoms with Crippen molar-refractivity contribution < 1.29 is 18.8 Å². The number of carbonyl (C=O) groups is 2. The van der Waals surface area contributed by atoms with Crippen molar-refractivity contribution in [1.82, 2.24) is 15.0 Å². The van der Waals surface area contributed by atoms with Crippen molar-refractivity contribution in [2.75, 3.05) is 25.5 Å². The van der Waals surface area contributed by atoms with Gasteiger partial charge in [-0.25, -0.2) is 4.79 Å². The van der Waals surface area contributed by atoms with Gasteiger partial charge >= 0.3 is 5.97 Å². The van der Waals surface area contributed by atoms with Crippen LogP contribution in [-0.4, -0.2) is 47.1 Å². The zero-order chi connectivity index (χ0) is 23.4. The maximum atomic E-state index is 12.8. The molecule has 1 aromatic heterocycles.